The van der Waals surface area contributed by atoms with E-state index in [0.717, 1.165) is 22.4 Å². The first-order chi connectivity index (χ1) is 10.4. The summed E-state index contributed by atoms with van der Waals surface area (Å²) >= 11 is 0. The number of aromatic amines is 1. The van der Waals surface area contributed by atoms with Crippen LogP contribution in [0.2, 0.25) is 0 Å². The molecule has 0 radical (unpaired) electrons. The van der Waals surface area contributed by atoms with E-state index < -0.39 is 9.84 Å². The summed E-state index contributed by atoms with van der Waals surface area (Å²) in [5.41, 5.74) is 2.83. The maximum absolute atomic E-state index is 11.7. The molecule has 1 heterocycles. The predicted molar refractivity (Wildman–Crippen MR) is 86.4 cm³/mol. The topological polar surface area (TPSA) is 84.0 Å². The Morgan fingerprint density at radius 3 is 2.41 bits per heavy atom. The van der Waals surface area contributed by atoms with Crippen LogP contribution >= 0.6 is 0 Å². The molecule has 0 aliphatic rings. The Morgan fingerprint density at radius 1 is 1.09 bits per heavy atom. The van der Waals surface area contributed by atoms with Crippen LogP contribution in [-0.4, -0.2) is 24.2 Å². The van der Waals surface area contributed by atoms with Crippen LogP contribution in [0, 0.1) is 0 Å². The summed E-state index contributed by atoms with van der Waals surface area (Å²) in [4.78, 5) is 14.7. The maximum atomic E-state index is 11.7. The Kier molecular flexibility index (Phi) is 3.29. The highest BCUT2D eigenvalue weighted by Gasteiger charge is 2.09. The molecule has 6 nitrogen and oxygen atoms in total. The number of nitrogens with one attached hydrogen (secondary N) is 2. The van der Waals surface area contributed by atoms with Crippen molar-refractivity contribution >= 4 is 32.2 Å². The van der Waals surface area contributed by atoms with Crippen molar-refractivity contribution in [1.29, 1.82) is 0 Å². The van der Waals surface area contributed by atoms with Gasteiger partial charge in [-0.05, 0) is 36.4 Å². The maximum Gasteiger partial charge on any atom is 0.326 e. The van der Waals surface area contributed by atoms with Crippen molar-refractivity contribution in [2.24, 2.45) is 7.05 Å². The number of hydrogen-bond donors (Lipinski definition) is 2. The lowest BCUT2D eigenvalue weighted by atomic mass is 10.2. The molecule has 0 amide bonds. The van der Waals surface area contributed by atoms with Gasteiger partial charge in [0.2, 0.25) is 0 Å². The SMILES string of the molecule is Cn1c(=O)[nH]c2cccc(Nc3ccc(S(C)(=O)=O)cc3)c21. The largest absolute Gasteiger partial charge is 0.354 e. The van der Waals surface area contributed by atoms with Crippen molar-refractivity contribution < 1.29 is 8.42 Å². The third kappa shape index (κ3) is 2.50. The average Bonchev–Trinajstić information content (AvgIpc) is 2.75. The average molecular weight is 317 g/mol. The molecule has 1 aromatic heterocycles. The molecule has 0 saturated carbocycles. The normalized spacial score (nSPS) is 11.7. The number of aromatic nitrogens is 2. The van der Waals surface area contributed by atoms with Gasteiger partial charge in [0.25, 0.3) is 0 Å². The van der Waals surface area contributed by atoms with E-state index in [4.69, 9.17) is 0 Å². The van der Waals surface area contributed by atoms with Crippen molar-refractivity contribution in [3.63, 3.8) is 0 Å². The summed E-state index contributed by atoms with van der Waals surface area (Å²) in [5, 5.41) is 3.21. The Morgan fingerprint density at radius 2 is 1.77 bits per heavy atom. The van der Waals surface area contributed by atoms with E-state index in [-0.39, 0.29) is 10.6 Å². The molecule has 0 fully saturated rings. The lowest BCUT2D eigenvalue weighted by Crippen LogP contribution is -2.12. The van der Waals surface area contributed by atoms with Gasteiger partial charge in [0.15, 0.2) is 9.84 Å². The number of para-hydroxylation sites is 1. The van der Waals surface area contributed by atoms with Gasteiger partial charge in [-0.3, -0.25) is 4.57 Å². The Hall–Kier alpha value is -2.54. The number of nitrogens with zero attached hydrogens (tertiary/aromatic N) is 1. The molecule has 3 aromatic rings. The van der Waals surface area contributed by atoms with Gasteiger partial charge in [-0.1, -0.05) is 6.07 Å². The third-order valence-corrected chi connectivity index (χ3v) is 4.61. The van der Waals surface area contributed by atoms with E-state index in [1.807, 2.05) is 18.2 Å². The molecule has 0 unspecified atom stereocenters. The van der Waals surface area contributed by atoms with Crippen LogP contribution in [-0.2, 0) is 16.9 Å². The van der Waals surface area contributed by atoms with Gasteiger partial charge in [-0.15, -0.1) is 0 Å². The summed E-state index contributed by atoms with van der Waals surface area (Å²) in [6, 6.07) is 12.0. The smallest absolute Gasteiger partial charge is 0.326 e. The summed E-state index contributed by atoms with van der Waals surface area (Å²) < 4.78 is 24.5. The number of benzene rings is 2. The zero-order valence-electron chi connectivity index (χ0n) is 12.1. The molecule has 0 aliphatic carbocycles. The van der Waals surface area contributed by atoms with Crippen LogP contribution in [0.5, 0.6) is 0 Å². The molecule has 3 rings (SSSR count). The van der Waals surface area contributed by atoms with Crippen LogP contribution in [0.1, 0.15) is 0 Å². The molecule has 114 valence electrons. The zero-order valence-corrected chi connectivity index (χ0v) is 12.9. The fraction of sp³-hybridized carbons (Fsp3) is 0.133. The molecule has 0 bridgehead atoms. The minimum atomic E-state index is -3.21. The molecule has 7 heteroatoms. The zero-order chi connectivity index (χ0) is 15.9. The van der Waals surface area contributed by atoms with Crippen LogP contribution in [0.15, 0.2) is 52.2 Å². The van der Waals surface area contributed by atoms with Crippen LogP contribution in [0.25, 0.3) is 11.0 Å². The molecule has 22 heavy (non-hydrogen) atoms. The lowest BCUT2D eigenvalue weighted by Gasteiger charge is -2.09. The number of aryl methyl sites for hydroxylation is 1. The number of rotatable bonds is 3. The third-order valence-electron chi connectivity index (χ3n) is 3.48. The number of imidazole rings is 1. The van der Waals surface area contributed by atoms with Crippen molar-refractivity contribution in [2.75, 3.05) is 11.6 Å². The lowest BCUT2D eigenvalue weighted by molar-refractivity contribution is 0.602. The second-order valence-electron chi connectivity index (χ2n) is 5.11. The van der Waals surface area contributed by atoms with Crippen LogP contribution in [0.3, 0.4) is 0 Å². The molecule has 0 saturated heterocycles. The fourth-order valence-electron chi connectivity index (χ4n) is 2.35. The summed E-state index contributed by atoms with van der Waals surface area (Å²) in [7, 11) is -1.52. The van der Waals surface area contributed by atoms with E-state index >= 15 is 0 Å². The van der Waals surface area contributed by atoms with E-state index in [2.05, 4.69) is 10.3 Å². The number of anilines is 2. The molecule has 0 spiro atoms. The van der Waals surface area contributed by atoms with Crippen molar-refractivity contribution in [2.45, 2.75) is 4.90 Å². The van der Waals surface area contributed by atoms with E-state index in [0.29, 0.717) is 0 Å². The van der Waals surface area contributed by atoms with Gasteiger partial charge >= 0.3 is 5.69 Å². The minimum Gasteiger partial charge on any atom is -0.354 e. The molecular weight excluding hydrogens is 302 g/mol. The van der Waals surface area contributed by atoms with Crippen molar-refractivity contribution in [3.8, 4) is 0 Å². The van der Waals surface area contributed by atoms with Gasteiger partial charge in [-0.2, -0.15) is 0 Å². The number of sulfone groups is 1. The van der Waals surface area contributed by atoms with Gasteiger partial charge in [0.05, 0.1) is 21.6 Å². The first-order valence-electron chi connectivity index (χ1n) is 6.61. The molecule has 2 aromatic carbocycles. The first-order valence-corrected chi connectivity index (χ1v) is 8.50. The molecule has 0 atom stereocenters. The highest BCUT2D eigenvalue weighted by molar-refractivity contribution is 7.90. The Bertz CT molecular complexity index is 999. The first kappa shape index (κ1) is 14.4. The van der Waals surface area contributed by atoms with Gasteiger partial charge in [0.1, 0.15) is 0 Å². The minimum absolute atomic E-state index is 0.184. The van der Waals surface area contributed by atoms with E-state index in [1.54, 1.807) is 31.3 Å². The Balaban J connectivity index is 2.02. The Labute approximate surface area is 127 Å². The van der Waals surface area contributed by atoms with Gasteiger partial charge < -0.3 is 10.3 Å². The molecule has 0 aliphatic heterocycles. The van der Waals surface area contributed by atoms with Crippen molar-refractivity contribution in [1.82, 2.24) is 9.55 Å². The monoisotopic (exact) mass is 317 g/mol. The standard InChI is InChI=1S/C15H15N3O3S/c1-18-14-12(4-3-5-13(14)17-15(18)19)16-10-6-8-11(9-7-10)22(2,20)21/h3-9,16H,1-2H3,(H,17,19). The van der Waals surface area contributed by atoms with Crippen molar-refractivity contribution in [3.05, 3.63) is 52.9 Å². The molecular formula is C15H15N3O3S. The highest BCUT2D eigenvalue weighted by atomic mass is 32.2. The van der Waals surface area contributed by atoms with Gasteiger partial charge in [0, 0.05) is 19.0 Å². The molecule has 2 N–H and O–H groups in total. The van der Waals surface area contributed by atoms with E-state index in [1.165, 1.54) is 10.8 Å². The fourth-order valence-corrected chi connectivity index (χ4v) is 2.98. The number of H-pyrrole nitrogens is 1. The highest BCUT2D eigenvalue weighted by Crippen LogP contribution is 2.25. The van der Waals surface area contributed by atoms with E-state index in [9.17, 15) is 13.2 Å². The predicted octanol–water partition coefficient (Wildman–Crippen LogP) is 2.01. The quantitative estimate of drug-likeness (QED) is 0.774. The van der Waals surface area contributed by atoms with Gasteiger partial charge in [-0.25, -0.2) is 13.2 Å². The second kappa shape index (κ2) is 5.03. The number of hydrogen-bond acceptors (Lipinski definition) is 4. The van der Waals surface area contributed by atoms with Crippen LogP contribution < -0.4 is 11.0 Å². The summed E-state index contributed by atoms with van der Waals surface area (Å²) in [6.07, 6.45) is 1.17. The summed E-state index contributed by atoms with van der Waals surface area (Å²) in [5.74, 6) is 0. The second-order valence-corrected chi connectivity index (χ2v) is 7.13. The number of fused-ring (bicyclic) bond motifs is 1. The van der Waals surface area contributed by atoms with Crippen LogP contribution in [0.4, 0.5) is 11.4 Å². The summed E-state index contributed by atoms with van der Waals surface area (Å²) in [6.45, 7) is 0.